The predicted molar refractivity (Wildman–Crippen MR) is 110 cm³/mol. The van der Waals surface area contributed by atoms with Gasteiger partial charge in [0.05, 0.1) is 23.7 Å². The quantitative estimate of drug-likeness (QED) is 0.540. The second-order valence-corrected chi connectivity index (χ2v) is 7.60. The van der Waals surface area contributed by atoms with E-state index in [9.17, 15) is 9.18 Å². The van der Waals surface area contributed by atoms with Gasteiger partial charge < -0.3 is 23.9 Å². The second kappa shape index (κ2) is 8.83. The Labute approximate surface area is 187 Å². The van der Waals surface area contributed by atoms with Crippen molar-refractivity contribution in [3.63, 3.8) is 0 Å². The Morgan fingerprint density at radius 1 is 1.28 bits per heavy atom. The van der Waals surface area contributed by atoms with Crippen molar-refractivity contribution in [2.45, 2.75) is 18.8 Å². The zero-order chi connectivity index (χ0) is 22.7. The van der Waals surface area contributed by atoms with Gasteiger partial charge in [0.15, 0.2) is 12.4 Å². The number of hydrogen-bond acceptors (Lipinski definition) is 8. The lowest BCUT2D eigenvalue weighted by molar-refractivity contribution is -0.122. The molecule has 0 aliphatic heterocycles. The molecule has 1 aliphatic carbocycles. The number of ether oxygens (including phenoxy) is 3. The minimum absolute atomic E-state index is 0.0176. The number of rotatable bonds is 8. The average molecular weight is 461 g/mol. The lowest BCUT2D eigenvalue weighted by Gasteiger charge is -2.33. The number of methoxy groups -OCH3 is 1. The second-order valence-electron chi connectivity index (χ2n) is 7.19. The summed E-state index contributed by atoms with van der Waals surface area (Å²) in [5.74, 6) is 0.433. The number of benzene rings is 1. The van der Waals surface area contributed by atoms with Gasteiger partial charge in [-0.05, 0) is 31.2 Å². The van der Waals surface area contributed by atoms with Crippen LogP contribution >= 0.6 is 11.6 Å². The summed E-state index contributed by atoms with van der Waals surface area (Å²) in [7, 11) is 1.52. The van der Waals surface area contributed by atoms with Gasteiger partial charge >= 0.3 is 6.08 Å². The van der Waals surface area contributed by atoms with Gasteiger partial charge in [0.1, 0.15) is 11.6 Å². The van der Waals surface area contributed by atoms with E-state index in [1.165, 1.54) is 25.4 Å². The van der Waals surface area contributed by atoms with Gasteiger partial charge in [-0.1, -0.05) is 16.7 Å². The lowest BCUT2D eigenvalue weighted by Crippen LogP contribution is -2.39. The van der Waals surface area contributed by atoms with E-state index in [1.54, 1.807) is 18.2 Å². The fourth-order valence-corrected chi connectivity index (χ4v) is 3.15. The molecule has 1 atom stereocenters. The zero-order valence-electron chi connectivity index (χ0n) is 17.1. The van der Waals surface area contributed by atoms with Crippen molar-refractivity contribution in [2.75, 3.05) is 13.7 Å². The highest BCUT2D eigenvalue weighted by Crippen LogP contribution is 2.40. The minimum Gasteiger partial charge on any atom is -0.484 e. The van der Waals surface area contributed by atoms with Crippen LogP contribution in [-0.4, -0.2) is 34.8 Å². The first kappa shape index (κ1) is 21.6. The van der Waals surface area contributed by atoms with Gasteiger partial charge in [-0.25, -0.2) is 9.37 Å². The molecular formula is C21H18ClFN4O5. The van der Waals surface area contributed by atoms with Gasteiger partial charge in [0.25, 0.3) is 5.91 Å². The molecule has 3 aromatic rings. The summed E-state index contributed by atoms with van der Waals surface area (Å²) in [6, 6.07) is 7.26. The SMILES string of the molecule is COc1ccc(Oc2nnc(C3(C)C=C(NC(=O)COc4ccc(Cl)c(F)c4)C3)o2)cn1. The Morgan fingerprint density at radius 3 is 2.75 bits per heavy atom. The summed E-state index contributed by atoms with van der Waals surface area (Å²) < 4.78 is 34.8. The van der Waals surface area contributed by atoms with Crippen LogP contribution in [0.4, 0.5) is 4.39 Å². The number of pyridine rings is 1. The zero-order valence-corrected chi connectivity index (χ0v) is 17.9. The molecule has 4 rings (SSSR count). The summed E-state index contributed by atoms with van der Waals surface area (Å²) in [5.41, 5.74) is 0.138. The number of hydrogen-bond donors (Lipinski definition) is 1. The monoisotopic (exact) mass is 460 g/mol. The first-order chi connectivity index (χ1) is 15.3. The molecule has 1 N–H and O–H groups in total. The first-order valence-electron chi connectivity index (χ1n) is 9.46. The Balaban J connectivity index is 1.30. The summed E-state index contributed by atoms with van der Waals surface area (Å²) in [6.45, 7) is 1.62. The Morgan fingerprint density at radius 2 is 2.06 bits per heavy atom. The highest BCUT2D eigenvalue weighted by Gasteiger charge is 2.40. The van der Waals surface area contributed by atoms with Crippen molar-refractivity contribution >= 4 is 17.5 Å². The number of carbonyl (C=O) groups is 1. The number of carbonyl (C=O) groups excluding carboxylic acids is 1. The van der Waals surface area contributed by atoms with Gasteiger partial charge in [0, 0.05) is 24.3 Å². The van der Waals surface area contributed by atoms with Gasteiger partial charge in [-0.15, -0.1) is 5.10 Å². The molecule has 2 heterocycles. The van der Waals surface area contributed by atoms with E-state index in [4.69, 9.17) is 30.2 Å². The third kappa shape index (κ3) is 4.80. The standard InChI is InChI=1S/C21H18ClFN4O5/c1-21(19-26-27-20(32-19)31-14-4-6-18(29-2)24-10-14)8-12(9-21)25-17(28)11-30-13-3-5-15(22)16(23)7-13/h3-8,10H,9,11H2,1-2H3,(H,25,28). The number of amides is 1. The van der Waals surface area contributed by atoms with E-state index < -0.39 is 11.2 Å². The molecular weight excluding hydrogens is 443 g/mol. The Bertz CT molecular complexity index is 1170. The molecule has 1 amide bonds. The maximum Gasteiger partial charge on any atom is 0.420 e. The molecule has 2 aromatic heterocycles. The molecule has 0 radical (unpaired) electrons. The molecule has 11 heteroatoms. The van der Waals surface area contributed by atoms with Crippen molar-refractivity contribution < 1.29 is 27.8 Å². The number of aromatic nitrogens is 3. The summed E-state index contributed by atoms with van der Waals surface area (Å²) in [6.07, 6.45) is 3.73. The van der Waals surface area contributed by atoms with E-state index in [-0.39, 0.29) is 29.4 Å². The number of nitrogens with zero attached hydrogens (tertiary/aromatic N) is 3. The normalized spacial score (nSPS) is 17.2. The third-order valence-electron chi connectivity index (χ3n) is 4.63. The van der Waals surface area contributed by atoms with Crippen LogP contribution < -0.4 is 19.5 Å². The van der Waals surface area contributed by atoms with Crippen LogP contribution in [0.1, 0.15) is 19.2 Å². The van der Waals surface area contributed by atoms with Crippen LogP contribution in [0.5, 0.6) is 23.5 Å². The smallest absolute Gasteiger partial charge is 0.420 e. The van der Waals surface area contributed by atoms with Crippen molar-refractivity contribution in [3.8, 4) is 23.5 Å². The van der Waals surface area contributed by atoms with Crippen LogP contribution in [0.25, 0.3) is 0 Å². The van der Waals surface area contributed by atoms with Crippen LogP contribution in [0.2, 0.25) is 5.02 Å². The van der Waals surface area contributed by atoms with Crippen molar-refractivity contribution in [1.29, 1.82) is 0 Å². The van der Waals surface area contributed by atoms with E-state index in [0.29, 0.717) is 29.6 Å². The average Bonchev–Trinajstić information content (AvgIpc) is 3.23. The molecule has 1 aliphatic rings. The molecule has 32 heavy (non-hydrogen) atoms. The molecule has 1 aromatic carbocycles. The van der Waals surface area contributed by atoms with E-state index in [1.807, 2.05) is 6.92 Å². The summed E-state index contributed by atoms with van der Waals surface area (Å²) in [5, 5.41) is 10.6. The molecule has 166 valence electrons. The molecule has 0 spiro atoms. The maximum atomic E-state index is 13.4. The van der Waals surface area contributed by atoms with Crippen LogP contribution in [0, 0.1) is 5.82 Å². The molecule has 1 unspecified atom stereocenters. The van der Waals surface area contributed by atoms with Gasteiger partial charge in [0.2, 0.25) is 11.8 Å². The number of halogens is 2. The fourth-order valence-electron chi connectivity index (χ4n) is 3.03. The van der Waals surface area contributed by atoms with Crippen LogP contribution in [0.15, 0.2) is 52.7 Å². The number of nitrogens with one attached hydrogen (secondary N) is 1. The summed E-state index contributed by atoms with van der Waals surface area (Å²) in [4.78, 5) is 16.1. The van der Waals surface area contributed by atoms with Crippen molar-refractivity contribution in [1.82, 2.24) is 20.5 Å². The highest BCUT2D eigenvalue weighted by molar-refractivity contribution is 6.30. The van der Waals surface area contributed by atoms with Gasteiger partial charge in [-0.2, -0.15) is 0 Å². The fraction of sp³-hybridized carbons (Fsp3) is 0.238. The summed E-state index contributed by atoms with van der Waals surface area (Å²) >= 11 is 5.62. The Kier molecular flexibility index (Phi) is 5.95. The molecule has 0 bridgehead atoms. The highest BCUT2D eigenvalue weighted by atomic mass is 35.5. The third-order valence-corrected chi connectivity index (χ3v) is 4.94. The van der Waals surface area contributed by atoms with Crippen LogP contribution in [0.3, 0.4) is 0 Å². The first-order valence-corrected chi connectivity index (χ1v) is 9.84. The van der Waals surface area contributed by atoms with Crippen molar-refractivity contribution in [3.05, 3.63) is 65.0 Å². The predicted octanol–water partition coefficient (Wildman–Crippen LogP) is 3.80. The number of allylic oxidation sites excluding steroid dienone is 2. The van der Waals surface area contributed by atoms with E-state index in [0.717, 1.165) is 6.07 Å². The van der Waals surface area contributed by atoms with E-state index >= 15 is 0 Å². The maximum absolute atomic E-state index is 13.4. The largest absolute Gasteiger partial charge is 0.484 e. The molecule has 0 saturated carbocycles. The molecule has 9 nitrogen and oxygen atoms in total. The Hall–Kier alpha value is -3.66. The topological polar surface area (TPSA) is 109 Å². The van der Waals surface area contributed by atoms with Crippen molar-refractivity contribution in [2.24, 2.45) is 0 Å². The molecule has 0 fully saturated rings. The van der Waals surface area contributed by atoms with E-state index in [2.05, 4.69) is 20.5 Å². The minimum atomic E-state index is -0.617. The molecule has 0 saturated heterocycles. The van der Waals surface area contributed by atoms with Gasteiger partial charge in [-0.3, -0.25) is 4.79 Å². The lowest BCUT2D eigenvalue weighted by atomic mass is 9.75. The van der Waals surface area contributed by atoms with Crippen LogP contribution in [-0.2, 0) is 10.2 Å².